The molecule has 7 heteroatoms. The number of carbonyl (C=O) groups is 1. The predicted octanol–water partition coefficient (Wildman–Crippen LogP) is 4.04. The SMILES string of the molecule is CC(Cc1cccc(CCC(=O)NCc2ccccc2Cl)c1)NCC(O)c1ccc(O)c(CO)c1. The quantitative estimate of drug-likeness (QED) is 0.260. The molecule has 2 atom stereocenters. The van der Waals surface area contributed by atoms with Gasteiger partial charge >= 0.3 is 0 Å². The van der Waals surface area contributed by atoms with Crippen LogP contribution in [0.4, 0.5) is 0 Å². The van der Waals surface area contributed by atoms with Crippen LogP contribution in [-0.2, 0) is 30.8 Å². The number of nitrogens with one attached hydrogen (secondary N) is 2. The molecule has 0 fully saturated rings. The summed E-state index contributed by atoms with van der Waals surface area (Å²) in [6.07, 6.45) is 1.07. The molecule has 0 saturated carbocycles. The number of aryl methyl sites for hydroxylation is 1. The summed E-state index contributed by atoms with van der Waals surface area (Å²) in [5.41, 5.74) is 4.18. The van der Waals surface area contributed by atoms with Crippen molar-refractivity contribution in [2.75, 3.05) is 6.54 Å². The third-order valence-electron chi connectivity index (χ3n) is 5.93. The van der Waals surface area contributed by atoms with E-state index in [4.69, 9.17) is 11.6 Å². The number of benzene rings is 3. The average molecular weight is 497 g/mol. The highest BCUT2D eigenvalue weighted by Gasteiger charge is 2.13. The van der Waals surface area contributed by atoms with E-state index in [-0.39, 0.29) is 24.3 Å². The van der Waals surface area contributed by atoms with Gasteiger partial charge in [0.25, 0.3) is 0 Å². The van der Waals surface area contributed by atoms with Gasteiger partial charge in [-0.15, -0.1) is 0 Å². The molecule has 186 valence electrons. The normalized spacial score (nSPS) is 12.8. The standard InChI is InChI=1S/C28H33ClN2O4/c1-19(30-17-27(34)22-10-11-26(33)24(15-22)18-32)13-21-6-4-5-20(14-21)9-12-28(35)31-16-23-7-2-3-8-25(23)29/h2-8,10-11,14-15,19,27,30,32-34H,9,12-13,16-18H2,1H3,(H,31,35). The zero-order chi connectivity index (χ0) is 25.2. The van der Waals surface area contributed by atoms with Gasteiger partial charge in [-0.05, 0) is 60.2 Å². The first-order valence-electron chi connectivity index (χ1n) is 11.8. The fourth-order valence-electron chi connectivity index (χ4n) is 3.89. The molecule has 3 aromatic rings. The molecule has 1 amide bonds. The Kier molecular flexibility index (Phi) is 10.1. The van der Waals surface area contributed by atoms with E-state index in [0.717, 1.165) is 23.1 Å². The molecule has 0 radical (unpaired) electrons. The zero-order valence-electron chi connectivity index (χ0n) is 19.9. The number of phenols is 1. The molecule has 2 unspecified atom stereocenters. The van der Waals surface area contributed by atoms with E-state index >= 15 is 0 Å². The first-order valence-corrected chi connectivity index (χ1v) is 12.2. The largest absolute Gasteiger partial charge is 0.508 e. The van der Waals surface area contributed by atoms with E-state index in [9.17, 15) is 20.1 Å². The number of halogens is 1. The fourth-order valence-corrected chi connectivity index (χ4v) is 4.09. The summed E-state index contributed by atoms with van der Waals surface area (Å²) in [5, 5.41) is 36.4. The summed E-state index contributed by atoms with van der Waals surface area (Å²) >= 11 is 6.14. The van der Waals surface area contributed by atoms with Crippen LogP contribution in [0.5, 0.6) is 5.75 Å². The summed E-state index contributed by atoms with van der Waals surface area (Å²) in [5.74, 6) is 0.000614. The van der Waals surface area contributed by atoms with Crippen molar-refractivity contribution < 1.29 is 20.1 Å². The number of rotatable bonds is 12. The highest BCUT2D eigenvalue weighted by Crippen LogP contribution is 2.22. The van der Waals surface area contributed by atoms with E-state index in [2.05, 4.69) is 29.7 Å². The van der Waals surface area contributed by atoms with Crippen LogP contribution in [0.2, 0.25) is 5.02 Å². The lowest BCUT2D eigenvalue weighted by atomic mass is 10.0. The molecule has 0 aromatic heterocycles. The summed E-state index contributed by atoms with van der Waals surface area (Å²) < 4.78 is 0. The second kappa shape index (κ2) is 13.3. The Labute approximate surface area is 211 Å². The summed E-state index contributed by atoms with van der Waals surface area (Å²) in [7, 11) is 0. The second-order valence-electron chi connectivity index (χ2n) is 8.76. The van der Waals surface area contributed by atoms with Gasteiger partial charge in [-0.25, -0.2) is 0 Å². The molecule has 0 spiro atoms. The Bertz CT molecular complexity index is 1120. The smallest absolute Gasteiger partial charge is 0.220 e. The van der Waals surface area contributed by atoms with Crippen LogP contribution >= 0.6 is 11.6 Å². The van der Waals surface area contributed by atoms with Crippen molar-refractivity contribution >= 4 is 17.5 Å². The topological polar surface area (TPSA) is 102 Å². The van der Waals surface area contributed by atoms with Gasteiger partial charge in [0, 0.05) is 36.1 Å². The summed E-state index contributed by atoms with van der Waals surface area (Å²) in [4.78, 5) is 12.3. The number of aliphatic hydroxyl groups excluding tert-OH is 2. The minimum Gasteiger partial charge on any atom is -0.508 e. The Morgan fingerprint density at radius 1 is 1.00 bits per heavy atom. The van der Waals surface area contributed by atoms with Crippen molar-refractivity contribution in [1.29, 1.82) is 0 Å². The minimum atomic E-state index is -0.751. The van der Waals surface area contributed by atoms with Crippen LogP contribution in [0.15, 0.2) is 66.7 Å². The Morgan fingerprint density at radius 2 is 1.77 bits per heavy atom. The Balaban J connectivity index is 1.44. The maximum absolute atomic E-state index is 12.3. The fraction of sp³-hybridized carbons (Fsp3) is 0.321. The van der Waals surface area contributed by atoms with Crippen molar-refractivity contribution in [3.8, 4) is 5.75 Å². The van der Waals surface area contributed by atoms with Crippen LogP contribution in [-0.4, -0.2) is 33.8 Å². The predicted molar refractivity (Wildman–Crippen MR) is 138 cm³/mol. The maximum atomic E-state index is 12.3. The minimum absolute atomic E-state index is 0.0158. The van der Waals surface area contributed by atoms with Crippen molar-refractivity contribution in [2.24, 2.45) is 0 Å². The van der Waals surface area contributed by atoms with Crippen LogP contribution in [0.1, 0.15) is 47.3 Å². The van der Waals surface area contributed by atoms with Gasteiger partial charge in [-0.1, -0.05) is 60.1 Å². The molecule has 3 rings (SSSR count). The maximum Gasteiger partial charge on any atom is 0.220 e. The van der Waals surface area contributed by atoms with E-state index in [1.165, 1.54) is 6.07 Å². The highest BCUT2D eigenvalue weighted by molar-refractivity contribution is 6.31. The molecule has 3 aromatic carbocycles. The third-order valence-corrected chi connectivity index (χ3v) is 6.29. The lowest BCUT2D eigenvalue weighted by molar-refractivity contribution is -0.121. The van der Waals surface area contributed by atoms with Gasteiger partial charge in [-0.2, -0.15) is 0 Å². The van der Waals surface area contributed by atoms with Crippen LogP contribution in [0.3, 0.4) is 0 Å². The molecule has 5 N–H and O–H groups in total. The van der Waals surface area contributed by atoms with Gasteiger partial charge in [0.15, 0.2) is 0 Å². The van der Waals surface area contributed by atoms with E-state index in [1.54, 1.807) is 12.1 Å². The number of hydrogen-bond acceptors (Lipinski definition) is 5. The van der Waals surface area contributed by atoms with Crippen molar-refractivity contribution in [3.63, 3.8) is 0 Å². The van der Waals surface area contributed by atoms with Gasteiger partial charge in [0.2, 0.25) is 5.91 Å². The number of hydrogen-bond donors (Lipinski definition) is 5. The van der Waals surface area contributed by atoms with E-state index in [0.29, 0.717) is 42.1 Å². The molecule has 0 bridgehead atoms. The van der Waals surface area contributed by atoms with Crippen molar-refractivity contribution in [2.45, 2.75) is 51.5 Å². The molecular weight excluding hydrogens is 464 g/mol. The lowest BCUT2D eigenvalue weighted by Crippen LogP contribution is -2.32. The van der Waals surface area contributed by atoms with E-state index < -0.39 is 6.10 Å². The lowest BCUT2D eigenvalue weighted by Gasteiger charge is -2.18. The first-order chi connectivity index (χ1) is 16.9. The molecule has 0 aliphatic rings. The third kappa shape index (κ3) is 8.37. The molecular formula is C28H33ClN2O4. The second-order valence-corrected chi connectivity index (χ2v) is 9.17. The number of aliphatic hydroxyl groups is 2. The number of amides is 1. The van der Waals surface area contributed by atoms with Crippen molar-refractivity contribution in [3.05, 3.63) is 99.6 Å². The molecule has 0 aliphatic carbocycles. The van der Waals surface area contributed by atoms with Gasteiger partial charge in [0.1, 0.15) is 5.75 Å². The van der Waals surface area contributed by atoms with Crippen molar-refractivity contribution in [1.82, 2.24) is 10.6 Å². The Morgan fingerprint density at radius 3 is 2.54 bits per heavy atom. The molecule has 0 saturated heterocycles. The molecule has 0 heterocycles. The van der Waals surface area contributed by atoms with Gasteiger partial charge in [0.05, 0.1) is 12.7 Å². The van der Waals surface area contributed by atoms with Crippen LogP contribution < -0.4 is 10.6 Å². The molecule has 0 aliphatic heterocycles. The monoisotopic (exact) mass is 496 g/mol. The summed E-state index contributed by atoms with van der Waals surface area (Å²) in [6, 6.07) is 20.5. The van der Waals surface area contributed by atoms with E-state index in [1.807, 2.05) is 36.4 Å². The number of carbonyl (C=O) groups excluding carboxylic acids is 1. The first kappa shape index (κ1) is 26.7. The summed E-state index contributed by atoms with van der Waals surface area (Å²) in [6.45, 7) is 2.54. The zero-order valence-corrected chi connectivity index (χ0v) is 20.6. The molecule has 6 nitrogen and oxygen atoms in total. The van der Waals surface area contributed by atoms with Crippen LogP contribution in [0, 0.1) is 0 Å². The highest BCUT2D eigenvalue weighted by atomic mass is 35.5. The molecule has 35 heavy (non-hydrogen) atoms. The Hall–Kier alpha value is -2.90. The van der Waals surface area contributed by atoms with Gasteiger partial charge in [-0.3, -0.25) is 4.79 Å². The van der Waals surface area contributed by atoms with Gasteiger partial charge < -0.3 is 26.0 Å². The average Bonchev–Trinajstić information content (AvgIpc) is 2.86. The van der Waals surface area contributed by atoms with Crippen LogP contribution in [0.25, 0.3) is 0 Å². The number of aromatic hydroxyl groups is 1.